The topological polar surface area (TPSA) is 90.4 Å². The van der Waals surface area contributed by atoms with E-state index in [1.54, 1.807) is 61.7 Å². The number of halogens is 3. The Morgan fingerprint density at radius 1 is 0.873 bits per heavy atom. The van der Waals surface area contributed by atoms with Crippen molar-refractivity contribution in [2.45, 2.75) is 38.0 Å². The molecule has 3 fully saturated rings. The van der Waals surface area contributed by atoms with Crippen LogP contribution in [-0.4, -0.2) is 61.9 Å². The molecule has 0 N–H and O–H groups in total. The number of fused-ring (bicyclic) bond motifs is 3. The van der Waals surface area contributed by atoms with E-state index in [0.29, 0.717) is 50.7 Å². The predicted molar refractivity (Wildman–Crippen MR) is 210 cm³/mol. The first-order valence-corrected chi connectivity index (χ1v) is 18.8. The first kappa shape index (κ1) is 38.1. The second kappa shape index (κ2) is 17.1. The number of anilines is 1. The van der Waals surface area contributed by atoms with Gasteiger partial charge in [0.05, 0.1) is 42.1 Å². The Hall–Kier alpha value is -5.16. The summed E-state index contributed by atoms with van der Waals surface area (Å²) in [5.41, 5.74) is 3.96. The summed E-state index contributed by atoms with van der Waals surface area (Å²) in [6.07, 6.45) is 3.49. The van der Waals surface area contributed by atoms with Crippen LogP contribution in [0.5, 0.6) is 11.5 Å². The molecule has 3 saturated heterocycles. The number of hydrogen-bond acceptors (Lipinski definition) is 8. The van der Waals surface area contributed by atoms with Crippen LogP contribution in [-0.2, 0) is 22.4 Å². The second-order valence-electron chi connectivity index (χ2n) is 13.7. The lowest BCUT2D eigenvalue weighted by Crippen LogP contribution is -2.53. The minimum Gasteiger partial charge on any atom is -0.493 e. The number of aromatic nitrogens is 1. The summed E-state index contributed by atoms with van der Waals surface area (Å²) in [5, 5.41) is 0.688. The number of hydrogen-bond donors (Lipinski definition) is 0. The molecular formula is C43H40Cl2FN3O6. The quantitative estimate of drug-likeness (QED) is 0.116. The third-order valence-corrected chi connectivity index (χ3v) is 10.9. The number of esters is 1. The molecule has 4 aromatic carbocycles. The summed E-state index contributed by atoms with van der Waals surface area (Å²) in [6, 6.07) is 26.1. The van der Waals surface area contributed by atoms with E-state index >= 15 is 4.39 Å². The maximum atomic E-state index is 15.2. The number of para-hydroxylation sites is 1. The van der Waals surface area contributed by atoms with Gasteiger partial charge in [-0.1, -0.05) is 71.7 Å². The van der Waals surface area contributed by atoms with E-state index in [1.807, 2.05) is 30.3 Å². The molecule has 8 rings (SSSR count). The van der Waals surface area contributed by atoms with E-state index < -0.39 is 24.0 Å². The van der Waals surface area contributed by atoms with E-state index in [4.69, 9.17) is 42.1 Å². The highest BCUT2D eigenvalue weighted by atomic mass is 35.5. The molecule has 0 spiro atoms. The molecule has 55 heavy (non-hydrogen) atoms. The third kappa shape index (κ3) is 8.72. The lowest BCUT2D eigenvalue weighted by Gasteiger charge is -2.44. The monoisotopic (exact) mass is 783 g/mol. The van der Waals surface area contributed by atoms with E-state index in [2.05, 4.69) is 9.88 Å². The fraction of sp³-hybridized carbons (Fsp3) is 0.279. The first-order valence-electron chi connectivity index (χ1n) is 18.1. The Balaban J connectivity index is 1.13. The number of rotatable bonds is 12. The summed E-state index contributed by atoms with van der Waals surface area (Å²) < 4.78 is 38.4. The first-order chi connectivity index (χ1) is 26.7. The van der Waals surface area contributed by atoms with Gasteiger partial charge in [0.2, 0.25) is 0 Å². The molecule has 0 radical (unpaired) electrons. The molecule has 0 saturated carbocycles. The molecule has 1 amide bonds. The highest BCUT2D eigenvalue weighted by molar-refractivity contribution is 6.35. The average molecular weight is 785 g/mol. The van der Waals surface area contributed by atoms with Gasteiger partial charge in [-0.2, -0.15) is 0 Å². The van der Waals surface area contributed by atoms with Crippen molar-refractivity contribution < 1.29 is 32.9 Å². The zero-order valence-corrected chi connectivity index (χ0v) is 31.9. The summed E-state index contributed by atoms with van der Waals surface area (Å²) in [4.78, 5) is 35.4. The normalized spacial score (nSPS) is 17.9. The molecule has 5 aromatic rings. The van der Waals surface area contributed by atoms with Gasteiger partial charge in [-0.3, -0.25) is 14.8 Å². The van der Waals surface area contributed by atoms with Gasteiger partial charge in [0, 0.05) is 25.4 Å². The lowest BCUT2D eigenvalue weighted by atomic mass is 9.86. The van der Waals surface area contributed by atoms with Crippen LogP contribution < -0.4 is 14.4 Å². The number of pyridine rings is 1. The van der Waals surface area contributed by atoms with Gasteiger partial charge in [0.25, 0.3) is 0 Å². The third-order valence-electron chi connectivity index (χ3n) is 10.3. The molecule has 9 nitrogen and oxygen atoms in total. The summed E-state index contributed by atoms with van der Waals surface area (Å²) in [6.45, 7) is 2.78. The van der Waals surface area contributed by atoms with Crippen LogP contribution >= 0.6 is 23.2 Å². The fourth-order valence-electron chi connectivity index (χ4n) is 7.31. The number of carbonyl (C=O) groups excluding carboxylic acids is 2. The Morgan fingerprint density at radius 2 is 1.58 bits per heavy atom. The summed E-state index contributed by atoms with van der Waals surface area (Å²) in [5.74, 6) is 0.209. The number of piperidine rings is 3. The SMILES string of the molecule is COc1ccc([C@H](Cc2c(Cl)cncc2Cl)OC(=O)c2cccc(-c3cccc(CN(C(=O)O[C@H]4CN5CCC4CC5)c4ccccc4F)c3)c2)cc1OC. The summed E-state index contributed by atoms with van der Waals surface area (Å²) in [7, 11) is 3.07. The second-order valence-corrected chi connectivity index (χ2v) is 14.5. The number of ether oxygens (including phenoxy) is 4. The van der Waals surface area contributed by atoms with Crippen molar-refractivity contribution in [3.63, 3.8) is 0 Å². The van der Waals surface area contributed by atoms with E-state index in [-0.39, 0.29) is 24.8 Å². The zero-order chi connectivity index (χ0) is 38.5. The van der Waals surface area contributed by atoms with Gasteiger partial charge < -0.3 is 18.9 Å². The van der Waals surface area contributed by atoms with Crippen molar-refractivity contribution in [2.24, 2.45) is 5.92 Å². The van der Waals surface area contributed by atoms with Gasteiger partial charge in [-0.25, -0.2) is 14.0 Å². The zero-order valence-electron chi connectivity index (χ0n) is 30.4. The van der Waals surface area contributed by atoms with Crippen LogP contribution in [0.2, 0.25) is 10.0 Å². The van der Waals surface area contributed by atoms with Crippen LogP contribution in [0.25, 0.3) is 11.1 Å². The minimum absolute atomic E-state index is 0.0730. The molecule has 3 aliphatic rings. The Kier molecular flexibility index (Phi) is 11.9. The standard InChI is InChI=1S/C43H40Cl2FN3O6/c1-52-38-14-13-31(21-40(38)53-2)39(22-33-34(44)23-47-24-35(33)45)54-42(50)32-10-6-9-30(20-32)29-8-5-7-27(19-29)25-49(37-12-4-3-11-36(37)46)43(51)55-41-26-48-17-15-28(41)16-18-48/h3-14,19-21,23-24,28,39,41H,15-18,22,25-26H2,1-2H3/t39-,41-/m0/s1. The van der Waals surface area contributed by atoms with Gasteiger partial charge in [-0.05, 0) is 102 Å². The average Bonchev–Trinajstić information content (AvgIpc) is 3.21. The van der Waals surface area contributed by atoms with Crippen LogP contribution in [0, 0.1) is 11.7 Å². The lowest BCUT2D eigenvalue weighted by molar-refractivity contribution is -0.0311. The number of methoxy groups -OCH3 is 2. The minimum atomic E-state index is -0.804. The van der Waals surface area contributed by atoms with Crippen LogP contribution in [0.3, 0.4) is 0 Å². The molecule has 3 aliphatic heterocycles. The highest BCUT2D eigenvalue weighted by Gasteiger charge is 2.38. The molecule has 12 heteroatoms. The van der Waals surface area contributed by atoms with E-state index in [9.17, 15) is 9.59 Å². The number of nitrogens with zero attached hydrogens (tertiary/aromatic N) is 3. The van der Waals surface area contributed by atoms with Crippen molar-refractivity contribution in [1.29, 1.82) is 0 Å². The Labute approximate surface area is 329 Å². The summed E-state index contributed by atoms with van der Waals surface area (Å²) >= 11 is 13.0. The molecule has 0 aliphatic carbocycles. The van der Waals surface area contributed by atoms with Gasteiger partial charge in [-0.15, -0.1) is 0 Å². The number of carbonyl (C=O) groups is 2. The van der Waals surface area contributed by atoms with Crippen LogP contribution in [0.4, 0.5) is 14.9 Å². The van der Waals surface area contributed by atoms with Crippen molar-refractivity contribution in [1.82, 2.24) is 9.88 Å². The van der Waals surface area contributed by atoms with Gasteiger partial charge in [0.1, 0.15) is 18.0 Å². The smallest absolute Gasteiger partial charge is 0.415 e. The van der Waals surface area contributed by atoms with Crippen molar-refractivity contribution in [2.75, 3.05) is 38.8 Å². The molecule has 2 bridgehead atoms. The molecule has 0 unspecified atom stereocenters. The van der Waals surface area contributed by atoms with Gasteiger partial charge in [0.15, 0.2) is 11.5 Å². The van der Waals surface area contributed by atoms with Crippen molar-refractivity contribution in [3.8, 4) is 22.6 Å². The highest BCUT2D eigenvalue weighted by Crippen LogP contribution is 2.36. The molecule has 4 heterocycles. The number of benzene rings is 4. The van der Waals surface area contributed by atoms with Gasteiger partial charge >= 0.3 is 12.1 Å². The number of amides is 1. The largest absolute Gasteiger partial charge is 0.493 e. The van der Waals surface area contributed by atoms with E-state index in [1.165, 1.54) is 30.5 Å². The Bertz CT molecular complexity index is 2160. The van der Waals surface area contributed by atoms with Crippen molar-refractivity contribution in [3.05, 3.63) is 142 Å². The molecule has 1 aromatic heterocycles. The van der Waals surface area contributed by atoms with Crippen molar-refractivity contribution >= 4 is 41.0 Å². The molecule has 284 valence electrons. The Morgan fingerprint density at radius 3 is 2.27 bits per heavy atom. The van der Waals surface area contributed by atoms with Crippen LogP contribution in [0.15, 0.2) is 103 Å². The molecular weight excluding hydrogens is 744 g/mol. The fourth-order valence-corrected chi connectivity index (χ4v) is 7.83. The molecule has 2 atom stereocenters. The van der Waals surface area contributed by atoms with E-state index in [0.717, 1.165) is 42.6 Å². The maximum Gasteiger partial charge on any atom is 0.415 e. The van der Waals surface area contributed by atoms with Crippen LogP contribution in [0.1, 0.15) is 46.0 Å². The predicted octanol–water partition coefficient (Wildman–Crippen LogP) is 9.59. The maximum absolute atomic E-state index is 15.2.